The highest BCUT2D eigenvalue weighted by molar-refractivity contribution is 7.19. The van der Waals surface area contributed by atoms with E-state index in [1.165, 1.54) is 15.1 Å². The molecule has 2 aromatic rings. The third kappa shape index (κ3) is 3.56. The Balaban J connectivity index is 1.41. The maximum atomic E-state index is 12.7. The number of hydrogen-bond acceptors (Lipinski definition) is 4. The topological polar surface area (TPSA) is 50.8 Å². The lowest BCUT2D eigenvalue weighted by atomic mass is 9.94. The molecule has 0 aliphatic carbocycles. The van der Waals surface area contributed by atoms with Crippen LogP contribution in [0.2, 0.25) is 5.02 Å². The van der Waals surface area contributed by atoms with Gasteiger partial charge in [0.05, 0.1) is 26.3 Å². The molecule has 1 spiro atoms. The Bertz CT molecular complexity index is 811. The lowest BCUT2D eigenvalue weighted by molar-refractivity contribution is -0.160. The van der Waals surface area contributed by atoms with Gasteiger partial charge in [-0.3, -0.25) is 0 Å². The Labute approximate surface area is 162 Å². The Morgan fingerprint density at radius 1 is 1.42 bits per heavy atom. The number of rotatable bonds is 2. The number of halogens is 1. The van der Waals surface area contributed by atoms with Gasteiger partial charge in [-0.25, -0.2) is 4.79 Å². The summed E-state index contributed by atoms with van der Waals surface area (Å²) in [6.07, 6.45) is 1.94. The van der Waals surface area contributed by atoms with Gasteiger partial charge in [-0.05, 0) is 48.9 Å². The van der Waals surface area contributed by atoms with E-state index in [-0.39, 0.29) is 11.6 Å². The Morgan fingerprint density at radius 3 is 3.12 bits per heavy atom. The number of fused-ring (bicyclic) bond motifs is 1. The molecule has 1 aromatic heterocycles. The molecule has 3 heterocycles. The number of nitrogens with zero attached hydrogens (tertiary/aromatic N) is 1. The summed E-state index contributed by atoms with van der Waals surface area (Å²) in [6, 6.07) is 5.90. The van der Waals surface area contributed by atoms with Crippen molar-refractivity contribution in [2.45, 2.75) is 31.9 Å². The molecule has 2 saturated heterocycles. The fourth-order valence-corrected chi connectivity index (χ4v) is 5.07. The third-order valence-corrected chi connectivity index (χ3v) is 6.73. The molecule has 140 valence electrons. The number of amides is 2. The van der Waals surface area contributed by atoms with Crippen molar-refractivity contribution >= 4 is 39.1 Å². The lowest BCUT2D eigenvalue weighted by Crippen LogP contribution is -2.58. The van der Waals surface area contributed by atoms with Gasteiger partial charge in [-0.2, -0.15) is 0 Å². The first-order valence-corrected chi connectivity index (χ1v) is 10.2. The number of urea groups is 1. The van der Waals surface area contributed by atoms with Crippen molar-refractivity contribution in [2.75, 3.05) is 32.9 Å². The van der Waals surface area contributed by atoms with Gasteiger partial charge in [0.15, 0.2) is 0 Å². The number of ether oxygens (including phenoxy) is 2. The number of benzene rings is 1. The first-order chi connectivity index (χ1) is 12.6. The van der Waals surface area contributed by atoms with Gasteiger partial charge in [-0.15, -0.1) is 11.3 Å². The standard InChI is InChI=1S/C19H23ClN2O3S/c1-13-15-9-14(20)3-4-16(15)26-17(13)10-21-18(23)22-6-8-25-19(11-22)5-2-7-24-12-19/h3-4,9H,2,5-8,10-12H2,1H3,(H,21,23). The average Bonchev–Trinajstić information content (AvgIpc) is 2.96. The highest BCUT2D eigenvalue weighted by Gasteiger charge is 2.40. The molecule has 2 aliphatic heterocycles. The van der Waals surface area contributed by atoms with E-state index in [2.05, 4.69) is 12.2 Å². The van der Waals surface area contributed by atoms with E-state index in [0.29, 0.717) is 32.8 Å². The van der Waals surface area contributed by atoms with Gasteiger partial charge < -0.3 is 19.7 Å². The van der Waals surface area contributed by atoms with Gasteiger partial charge in [0, 0.05) is 27.8 Å². The van der Waals surface area contributed by atoms with E-state index < -0.39 is 0 Å². The largest absolute Gasteiger partial charge is 0.378 e. The molecule has 2 aliphatic rings. The van der Waals surface area contributed by atoms with Crippen molar-refractivity contribution in [3.05, 3.63) is 33.7 Å². The molecule has 5 nitrogen and oxygen atoms in total. The fourth-order valence-electron chi connectivity index (χ4n) is 3.76. The van der Waals surface area contributed by atoms with Crippen molar-refractivity contribution in [3.63, 3.8) is 0 Å². The van der Waals surface area contributed by atoms with E-state index >= 15 is 0 Å². The fraction of sp³-hybridized carbons (Fsp3) is 0.526. The summed E-state index contributed by atoms with van der Waals surface area (Å²) in [6.45, 7) is 5.76. The van der Waals surface area contributed by atoms with Crippen LogP contribution >= 0.6 is 22.9 Å². The molecule has 2 fully saturated rings. The van der Waals surface area contributed by atoms with Crippen LogP contribution in [-0.2, 0) is 16.0 Å². The van der Waals surface area contributed by atoms with Gasteiger partial charge in [0.2, 0.25) is 0 Å². The summed E-state index contributed by atoms with van der Waals surface area (Å²) in [5.41, 5.74) is 0.866. The van der Waals surface area contributed by atoms with Crippen LogP contribution in [0.25, 0.3) is 10.1 Å². The molecular weight excluding hydrogens is 372 g/mol. The average molecular weight is 395 g/mol. The van der Waals surface area contributed by atoms with Crippen molar-refractivity contribution in [2.24, 2.45) is 0 Å². The van der Waals surface area contributed by atoms with Gasteiger partial charge >= 0.3 is 6.03 Å². The second-order valence-electron chi connectivity index (χ2n) is 7.06. The Morgan fingerprint density at radius 2 is 2.31 bits per heavy atom. The Kier molecular flexibility index (Phi) is 5.10. The van der Waals surface area contributed by atoms with Crippen LogP contribution in [0.1, 0.15) is 23.3 Å². The third-order valence-electron chi connectivity index (χ3n) is 5.22. The zero-order valence-electron chi connectivity index (χ0n) is 14.8. The maximum absolute atomic E-state index is 12.7. The minimum atomic E-state index is -0.321. The van der Waals surface area contributed by atoms with Crippen LogP contribution in [0.5, 0.6) is 0 Å². The maximum Gasteiger partial charge on any atom is 0.317 e. The molecule has 4 rings (SSSR count). The van der Waals surface area contributed by atoms with Crippen molar-refractivity contribution in [1.29, 1.82) is 0 Å². The summed E-state index contributed by atoms with van der Waals surface area (Å²) in [5, 5.41) is 4.98. The quantitative estimate of drug-likeness (QED) is 0.838. The zero-order valence-corrected chi connectivity index (χ0v) is 16.4. The minimum absolute atomic E-state index is 0.0341. The molecule has 1 atom stereocenters. The number of nitrogens with one attached hydrogen (secondary N) is 1. The molecule has 0 saturated carbocycles. The van der Waals surface area contributed by atoms with Crippen LogP contribution in [-0.4, -0.2) is 49.4 Å². The molecule has 2 amide bonds. The molecule has 1 unspecified atom stereocenters. The van der Waals surface area contributed by atoms with Crippen LogP contribution in [0.15, 0.2) is 18.2 Å². The molecule has 0 radical (unpaired) electrons. The van der Waals surface area contributed by atoms with E-state index in [1.807, 2.05) is 23.1 Å². The summed E-state index contributed by atoms with van der Waals surface area (Å²) in [7, 11) is 0. The van der Waals surface area contributed by atoms with E-state index in [0.717, 1.165) is 29.9 Å². The van der Waals surface area contributed by atoms with Gasteiger partial charge in [-0.1, -0.05) is 11.6 Å². The van der Waals surface area contributed by atoms with Crippen LogP contribution in [0, 0.1) is 6.92 Å². The number of thiophene rings is 1. The molecule has 1 N–H and O–H groups in total. The number of morpholine rings is 1. The van der Waals surface area contributed by atoms with Crippen molar-refractivity contribution < 1.29 is 14.3 Å². The monoisotopic (exact) mass is 394 g/mol. The second-order valence-corrected chi connectivity index (χ2v) is 8.63. The zero-order chi connectivity index (χ0) is 18.1. The first kappa shape index (κ1) is 18.0. The van der Waals surface area contributed by atoms with Gasteiger partial charge in [0.1, 0.15) is 5.60 Å². The van der Waals surface area contributed by atoms with E-state index in [4.69, 9.17) is 21.1 Å². The predicted molar refractivity (Wildman–Crippen MR) is 104 cm³/mol. The molecule has 26 heavy (non-hydrogen) atoms. The number of hydrogen-bond donors (Lipinski definition) is 1. The number of aryl methyl sites for hydroxylation is 1. The molecule has 1 aromatic carbocycles. The molecular formula is C19H23ClN2O3S. The Hall–Kier alpha value is -1.34. The van der Waals surface area contributed by atoms with Crippen LogP contribution in [0.3, 0.4) is 0 Å². The van der Waals surface area contributed by atoms with E-state index in [9.17, 15) is 4.79 Å². The summed E-state index contributed by atoms with van der Waals surface area (Å²) < 4.78 is 12.7. The van der Waals surface area contributed by atoms with E-state index in [1.54, 1.807) is 11.3 Å². The minimum Gasteiger partial charge on any atom is -0.378 e. The van der Waals surface area contributed by atoms with Crippen LogP contribution in [0.4, 0.5) is 4.79 Å². The van der Waals surface area contributed by atoms with Gasteiger partial charge in [0.25, 0.3) is 0 Å². The van der Waals surface area contributed by atoms with Crippen LogP contribution < -0.4 is 5.32 Å². The lowest BCUT2D eigenvalue weighted by Gasteiger charge is -2.44. The predicted octanol–water partition coefficient (Wildman–Crippen LogP) is 3.95. The summed E-state index contributed by atoms with van der Waals surface area (Å²) >= 11 is 7.81. The molecule has 0 bridgehead atoms. The highest BCUT2D eigenvalue weighted by atomic mass is 35.5. The first-order valence-electron chi connectivity index (χ1n) is 8.98. The summed E-state index contributed by atoms with van der Waals surface area (Å²) in [5.74, 6) is 0. The molecule has 7 heteroatoms. The number of carbonyl (C=O) groups is 1. The smallest absolute Gasteiger partial charge is 0.317 e. The van der Waals surface area contributed by atoms with Crippen molar-refractivity contribution in [1.82, 2.24) is 10.2 Å². The highest BCUT2D eigenvalue weighted by Crippen LogP contribution is 2.33. The normalized spacial score (nSPS) is 23.5. The number of carbonyl (C=O) groups excluding carboxylic acids is 1. The summed E-state index contributed by atoms with van der Waals surface area (Å²) in [4.78, 5) is 15.7. The second kappa shape index (κ2) is 7.35. The SMILES string of the molecule is Cc1c(CNC(=O)N2CCOC3(CCCOC3)C2)sc2ccc(Cl)cc12. The van der Waals surface area contributed by atoms with Crippen molar-refractivity contribution in [3.8, 4) is 0 Å².